The minimum Gasteiger partial charge on any atom is -0.487 e. The molecular weight excluding hydrogens is 376 g/mol. The fourth-order valence-corrected chi connectivity index (χ4v) is 6.16. The predicted molar refractivity (Wildman–Crippen MR) is 116 cm³/mol. The highest BCUT2D eigenvalue weighted by atomic mass is 16.5. The summed E-state index contributed by atoms with van der Waals surface area (Å²) in [5, 5.41) is 0. The van der Waals surface area contributed by atoms with Crippen molar-refractivity contribution in [2.24, 2.45) is 17.3 Å². The third-order valence-electron chi connectivity index (χ3n) is 8.28. The van der Waals surface area contributed by atoms with Crippen LogP contribution in [0, 0.1) is 17.3 Å². The van der Waals surface area contributed by atoms with E-state index >= 15 is 0 Å². The molecule has 1 spiro atoms. The molecule has 0 saturated carbocycles. The Balaban J connectivity index is 1.26. The molecule has 0 N–H and O–H groups in total. The first kappa shape index (κ1) is 20.3. The summed E-state index contributed by atoms with van der Waals surface area (Å²) in [6.07, 6.45) is 5.35. The minimum atomic E-state index is -0.243. The van der Waals surface area contributed by atoms with Crippen molar-refractivity contribution < 1.29 is 14.3 Å². The van der Waals surface area contributed by atoms with Gasteiger partial charge in [0.2, 0.25) is 5.91 Å². The first-order valence-electron chi connectivity index (χ1n) is 11.7. The van der Waals surface area contributed by atoms with Crippen molar-refractivity contribution >= 4 is 5.91 Å². The molecule has 5 rings (SSSR count). The number of fused-ring (bicyclic) bond motifs is 3. The van der Waals surface area contributed by atoms with Crippen molar-refractivity contribution in [3.05, 3.63) is 29.8 Å². The Morgan fingerprint density at radius 1 is 1.07 bits per heavy atom. The van der Waals surface area contributed by atoms with Gasteiger partial charge in [-0.15, -0.1) is 0 Å². The standard InChI is InChI=1S/C25H36N2O3/c1-24(2)20-16-25(17-29-22(20)19-6-4-5-7-21(19)30-24)10-14-27(15-11-25)23(28)18-8-12-26(3)13-9-18/h4-7,18,20,22H,8-17H2,1-3H3/t20-,22+/m0/s1. The maximum Gasteiger partial charge on any atom is 0.225 e. The first-order valence-corrected chi connectivity index (χ1v) is 11.7. The number of hydrogen-bond donors (Lipinski definition) is 0. The number of likely N-dealkylation sites (tertiary alicyclic amines) is 2. The number of para-hydroxylation sites is 1. The highest BCUT2D eigenvalue weighted by Crippen LogP contribution is 2.55. The molecule has 1 aromatic carbocycles. The molecule has 0 radical (unpaired) electrons. The summed E-state index contributed by atoms with van der Waals surface area (Å²) in [6, 6.07) is 8.34. The zero-order chi connectivity index (χ0) is 20.9. The lowest BCUT2D eigenvalue weighted by atomic mass is 9.64. The van der Waals surface area contributed by atoms with E-state index in [0.29, 0.717) is 11.8 Å². The van der Waals surface area contributed by atoms with E-state index in [0.717, 1.165) is 70.6 Å². The highest BCUT2D eigenvalue weighted by molar-refractivity contribution is 5.79. The monoisotopic (exact) mass is 412 g/mol. The summed E-state index contributed by atoms with van der Waals surface area (Å²) in [4.78, 5) is 17.5. The van der Waals surface area contributed by atoms with Crippen LogP contribution in [0.25, 0.3) is 0 Å². The predicted octanol–water partition coefficient (Wildman–Crippen LogP) is 3.89. The summed E-state index contributed by atoms with van der Waals surface area (Å²) in [6.45, 7) is 9.06. The fraction of sp³-hybridized carbons (Fsp3) is 0.720. The molecule has 0 bridgehead atoms. The fourth-order valence-electron chi connectivity index (χ4n) is 6.16. The van der Waals surface area contributed by atoms with Crippen LogP contribution in [0.4, 0.5) is 0 Å². The average Bonchev–Trinajstić information content (AvgIpc) is 2.74. The van der Waals surface area contributed by atoms with Crippen LogP contribution in [0.3, 0.4) is 0 Å². The second-order valence-electron chi connectivity index (χ2n) is 10.7. The van der Waals surface area contributed by atoms with E-state index < -0.39 is 0 Å². The molecule has 3 saturated heterocycles. The number of piperidine rings is 2. The van der Waals surface area contributed by atoms with Gasteiger partial charge in [0.05, 0.1) is 12.7 Å². The average molecular weight is 413 g/mol. The molecule has 5 nitrogen and oxygen atoms in total. The highest BCUT2D eigenvalue weighted by Gasteiger charge is 2.53. The number of rotatable bonds is 1. The SMILES string of the molecule is CN1CCC(C(=O)N2CCC3(CC2)CO[C@@H]2c4ccccc4OC(C)(C)[C@H]2C3)CC1. The van der Waals surface area contributed by atoms with Crippen molar-refractivity contribution in [3.63, 3.8) is 0 Å². The zero-order valence-electron chi connectivity index (χ0n) is 18.7. The lowest BCUT2D eigenvalue weighted by Gasteiger charge is -2.54. The van der Waals surface area contributed by atoms with Gasteiger partial charge in [0.15, 0.2) is 0 Å². The minimum absolute atomic E-state index is 0.120. The van der Waals surface area contributed by atoms with Crippen LogP contribution in [0.2, 0.25) is 0 Å². The summed E-state index contributed by atoms with van der Waals surface area (Å²) >= 11 is 0. The van der Waals surface area contributed by atoms with Gasteiger partial charge in [-0.2, -0.15) is 0 Å². The van der Waals surface area contributed by atoms with Crippen LogP contribution in [0.5, 0.6) is 5.75 Å². The number of carbonyl (C=O) groups excluding carboxylic acids is 1. The van der Waals surface area contributed by atoms with Crippen molar-refractivity contribution in [3.8, 4) is 5.75 Å². The maximum atomic E-state index is 13.1. The van der Waals surface area contributed by atoms with Crippen LogP contribution in [-0.4, -0.2) is 61.1 Å². The second-order valence-corrected chi connectivity index (χ2v) is 10.7. The largest absolute Gasteiger partial charge is 0.487 e. The van der Waals surface area contributed by atoms with Crippen LogP contribution in [-0.2, 0) is 9.53 Å². The molecular formula is C25H36N2O3. The number of ether oxygens (including phenoxy) is 2. The molecule has 2 atom stereocenters. The molecule has 4 aliphatic rings. The third-order valence-corrected chi connectivity index (χ3v) is 8.28. The summed E-state index contributed by atoms with van der Waals surface area (Å²) < 4.78 is 13.0. The maximum absolute atomic E-state index is 13.1. The van der Waals surface area contributed by atoms with Crippen LogP contribution in [0.15, 0.2) is 24.3 Å². The molecule has 3 fully saturated rings. The van der Waals surface area contributed by atoms with E-state index in [1.165, 1.54) is 5.56 Å². The van der Waals surface area contributed by atoms with Gasteiger partial charge in [0, 0.05) is 30.5 Å². The smallest absolute Gasteiger partial charge is 0.225 e. The molecule has 0 unspecified atom stereocenters. The van der Waals surface area contributed by atoms with Crippen LogP contribution in [0.1, 0.15) is 57.6 Å². The Hall–Kier alpha value is -1.59. The van der Waals surface area contributed by atoms with Gasteiger partial charge in [0.1, 0.15) is 11.4 Å². The Kier molecular flexibility index (Phi) is 5.10. The topological polar surface area (TPSA) is 42.0 Å². The van der Waals surface area contributed by atoms with Gasteiger partial charge in [-0.3, -0.25) is 4.79 Å². The van der Waals surface area contributed by atoms with E-state index in [2.05, 4.69) is 48.9 Å². The number of nitrogens with zero attached hydrogens (tertiary/aromatic N) is 2. The van der Waals surface area contributed by atoms with Crippen molar-refractivity contribution in [1.29, 1.82) is 0 Å². The summed E-state index contributed by atoms with van der Waals surface area (Å²) in [5.41, 5.74) is 1.14. The molecule has 164 valence electrons. The number of hydrogen-bond acceptors (Lipinski definition) is 4. The molecule has 4 aliphatic heterocycles. The van der Waals surface area contributed by atoms with Gasteiger partial charge < -0.3 is 19.3 Å². The molecule has 4 heterocycles. The van der Waals surface area contributed by atoms with E-state index in [1.807, 2.05) is 6.07 Å². The van der Waals surface area contributed by atoms with Crippen molar-refractivity contribution in [1.82, 2.24) is 9.80 Å². The quantitative estimate of drug-likeness (QED) is 0.702. The molecule has 1 amide bonds. The van der Waals surface area contributed by atoms with Gasteiger partial charge in [-0.05, 0) is 77.6 Å². The van der Waals surface area contributed by atoms with Gasteiger partial charge >= 0.3 is 0 Å². The number of carbonyl (C=O) groups is 1. The lowest BCUT2D eigenvalue weighted by molar-refractivity contribution is -0.177. The lowest BCUT2D eigenvalue weighted by Crippen LogP contribution is -2.55. The van der Waals surface area contributed by atoms with Crippen molar-refractivity contribution in [2.45, 2.75) is 57.7 Å². The third kappa shape index (κ3) is 3.54. The van der Waals surface area contributed by atoms with Crippen molar-refractivity contribution in [2.75, 3.05) is 39.8 Å². The first-order chi connectivity index (χ1) is 14.4. The summed E-state index contributed by atoms with van der Waals surface area (Å²) in [5.74, 6) is 1.93. The van der Waals surface area contributed by atoms with E-state index in [1.54, 1.807) is 0 Å². The Labute approximate surface area is 180 Å². The molecule has 0 aromatic heterocycles. The normalized spacial score (nSPS) is 31.0. The van der Waals surface area contributed by atoms with Crippen LogP contribution < -0.4 is 4.74 Å². The number of amides is 1. The Bertz CT molecular complexity index is 791. The van der Waals surface area contributed by atoms with Gasteiger partial charge in [-0.1, -0.05) is 18.2 Å². The molecule has 5 heteroatoms. The second kappa shape index (κ2) is 7.52. The van der Waals surface area contributed by atoms with E-state index in [9.17, 15) is 4.79 Å². The molecule has 0 aliphatic carbocycles. The van der Waals surface area contributed by atoms with Gasteiger partial charge in [-0.25, -0.2) is 0 Å². The Morgan fingerprint density at radius 3 is 2.50 bits per heavy atom. The summed E-state index contributed by atoms with van der Waals surface area (Å²) in [7, 11) is 2.15. The number of benzene rings is 1. The Morgan fingerprint density at radius 2 is 1.77 bits per heavy atom. The van der Waals surface area contributed by atoms with E-state index in [-0.39, 0.29) is 23.0 Å². The van der Waals surface area contributed by atoms with E-state index in [4.69, 9.17) is 9.47 Å². The molecule has 30 heavy (non-hydrogen) atoms. The van der Waals surface area contributed by atoms with Gasteiger partial charge in [0.25, 0.3) is 0 Å². The van der Waals surface area contributed by atoms with Crippen LogP contribution >= 0.6 is 0 Å². The zero-order valence-corrected chi connectivity index (χ0v) is 18.7. The molecule has 1 aromatic rings.